The number of hydrogen-bond donors (Lipinski definition) is 2. The number of aliphatic imine (C=N–C) groups is 1. The molecule has 0 aliphatic carbocycles. The van der Waals surface area contributed by atoms with Crippen molar-refractivity contribution in [1.29, 1.82) is 0 Å². The van der Waals surface area contributed by atoms with Gasteiger partial charge in [-0.05, 0) is 25.0 Å². The molecule has 1 aromatic carbocycles. The van der Waals surface area contributed by atoms with E-state index in [9.17, 15) is 0 Å². The molecule has 1 aliphatic heterocycles. The Morgan fingerprint density at radius 1 is 1.29 bits per heavy atom. The number of hydrogen-bond acceptors (Lipinski definition) is 4. The summed E-state index contributed by atoms with van der Waals surface area (Å²) in [5.74, 6) is 2.34. The summed E-state index contributed by atoms with van der Waals surface area (Å²) >= 11 is 0. The third-order valence-corrected chi connectivity index (χ3v) is 4.56. The largest absolute Gasteiger partial charge is 0.459 e. The lowest BCUT2D eigenvalue weighted by atomic mass is 10.2. The zero-order chi connectivity index (χ0) is 19.1. The smallest absolute Gasteiger partial charge is 0.191 e. The van der Waals surface area contributed by atoms with E-state index in [1.54, 1.807) is 0 Å². The lowest BCUT2D eigenvalue weighted by molar-refractivity contribution is -0.0284. The molecule has 1 saturated heterocycles. The first kappa shape index (κ1) is 23.0. The van der Waals surface area contributed by atoms with Crippen LogP contribution in [-0.2, 0) is 11.3 Å². The molecular weight excluding hydrogens is 467 g/mol. The highest BCUT2D eigenvalue weighted by molar-refractivity contribution is 14.0. The van der Waals surface area contributed by atoms with Crippen molar-refractivity contribution in [3.05, 3.63) is 36.1 Å². The molecule has 2 N–H and O–H groups in total. The molecule has 0 spiro atoms. The SMILES string of the molecule is CCNC(=NCc1cc2ccccc2o1)NCC1CN(CC(C)C)CCO1.I. The van der Waals surface area contributed by atoms with Crippen LogP contribution in [0.1, 0.15) is 26.5 Å². The molecule has 0 amide bonds. The zero-order valence-electron chi connectivity index (χ0n) is 17.1. The van der Waals surface area contributed by atoms with Gasteiger partial charge in [0.1, 0.15) is 17.9 Å². The highest BCUT2D eigenvalue weighted by atomic mass is 127. The van der Waals surface area contributed by atoms with Crippen molar-refractivity contribution in [3.63, 3.8) is 0 Å². The van der Waals surface area contributed by atoms with Crippen LogP contribution in [0.4, 0.5) is 0 Å². The van der Waals surface area contributed by atoms with Gasteiger partial charge in [-0.15, -0.1) is 24.0 Å². The van der Waals surface area contributed by atoms with Gasteiger partial charge in [0.2, 0.25) is 0 Å². The van der Waals surface area contributed by atoms with Crippen LogP contribution in [0.3, 0.4) is 0 Å². The molecule has 1 fully saturated rings. The Hall–Kier alpha value is -1.32. The summed E-state index contributed by atoms with van der Waals surface area (Å²) < 4.78 is 11.8. The molecule has 2 heterocycles. The van der Waals surface area contributed by atoms with Crippen LogP contribution in [0.5, 0.6) is 0 Å². The number of nitrogens with zero attached hydrogens (tertiary/aromatic N) is 2. The highest BCUT2D eigenvalue weighted by Gasteiger charge is 2.21. The van der Waals surface area contributed by atoms with Crippen LogP contribution in [0, 0.1) is 5.92 Å². The summed E-state index contributed by atoms with van der Waals surface area (Å²) in [6, 6.07) is 10.1. The maximum absolute atomic E-state index is 5.92. The molecule has 3 rings (SSSR count). The minimum atomic E-state index is 0. The Kier molecular flexibility index (Phi) is 9.53. The van der Waals surface area contributed by atoms with E-state index in [0.29, 0.717) is 12.5 Å². The summed E-state index contributed by atoms with van der Waals surface area (Å²) in [7, 11) is 0. The number of fused-ring (bicyclic) bond motifs is 1. The standard InChI is InChI=1S/C21H32N4O2.HI/c1-4-22-21(23-12-18-11-17-7-5-6-8-20(17)27-18)24-13-19-15-25(9-10-26-19)14-16(2)3;/h5-8,11,16,19H,4,9-10,12-15H2,1-3H3,(H2,22,23,24);1H. The molecule has 0 bridgehead atoms. The zero-order valence-corrected chi connectivity index (χ0v) is 19.4. The number of furan rings is 1. The minimum absolute atomic E-state index is 0. The first-order chi connectivity index (χ1) is 13.1. The van der Waals surface area contributed by atoms with E-state index in [-0.39, 0.29) is 30.1 Å². The van der Waals surface area contributed by atoms with Crippen LogP contribution in [-0.4, -0.2) is 56.3 Å². The lowest BCUT2D eigenvalue weighted by Crippen LogP contribution is -2.50. The van der Waals surface area contributed by atoms with E-state index in [1.165, 1.54) is 0 Å². The molecule has 1 atom stereocenters. The normalized spacial score (nSPS) is 18.3. The van der Waals surface area contributed by atoms with Crippen molar-refractivity contribution in [2.24, 2.45) is 10.9 Å². The number of halogens is 1. The third-order valence-electron chi connectivity index (χ3n) is 4.56. The molecule has 28 heavy (non-hydrogen) atoms. The van der Waals surface area contributed by atoms with E-state index < -0.39 is 0 Å². The molecule has 7 heteroatoms. The van der Waals surface area contributed by atoms with Crippen LogP contribution in [0.15, 0.2) is 39.7 Å². The number of para-hydroxylation sites is 1. The van der Waals surface area contributed by atoms with Crippen LogP contribution in [0.2, 0.25) is 0 Å². The number of morpholine rings is 1. The topological polar surface area (TPSA) is 62.0 Å². The van der Waals surface area contributed by atoms with E-state index in [2.05, 4.69) is 53.4 Å². The quantitative estimate of drug-likeness (QED) is 0.347. The second kappa shape index (κ2) is 11.6. The number of benzene rings is 1. The molecule has 0 saturated carbocycles. The molecule has 1 aromatic heterocycles. The summed E-state index contributed by atoms with van der Waals surface area (Å²) in [4.78, 5) is 7.15. The van der Waals surface area contributed by atoms with E-state index in [1.807, 2.05) is 18.2 Å². The van der Waals surface area contributed by atoms with Gasteiger partial charge < -0.3 is 19.8 Å². The van der Waals surface area contributed by atoms with Gasteiger partial charge >= 0.3 is 0 Å². The van der Waals surface area contributed by atoms with Crippen molar-refractivity contribution < 1.29 is 9.15 Å². The second-order valence-corrected chi connectivity index (χ2v) is 7.47. The molecular formula is C21H33IN4O2. The molecule has 2 aromatic rings. The van der Waals surface area contributed by atoms with Gasteiger partial charge in [0.25, 0.3) is 0 Å². The Labute approximate surface area is 185 Å². The van der Waals surface area contributed by atoms with Gasteiger partial charge in [-0.2, -0.15) is 0 Å². The molecule has 1 aliphatic rings. The number of ether oxygens (including phenoxy) is 1. The predicted molar refractivity (Wildman–Crippen MR) is 125 cm³/mol. The van der Waals surface area contributed by atoms with Crippen LogP contribution < -0.4 is 10.6 Å². The van der Waals surface area contributed by atoms with Crippen molar-refractivity contribution in [1.82, 2.24) is 15.5 Å². The van der Waals surface area contributed by atoms with Crippen LogP contribution >= 0.6 is 24.0 Å². The Morgan fingerprint density at radius 3 is 2.86 bits per heavy atom. The minimum Gasteiger partial charge on any atom is -0.459 e. The van der Waals surface area contributed by atoms with E-state index in [4.69, 9.17) is 9.15 Å². The maximum Gasteiger partial charge on any atom is 0.191 e. The fourth-order valence-electron chi connectivity index (χ4n) is 3.41. The van der Waals surface area contributed by atoms with Gasteiger partial charge in [0, 0.05) is 38.1 Å². The third kappa shape index (κ3) is 6.93. The van der Waals surface area contributed by atoms with Gasteiger partial charge in [0.15, 0.2) is 5.96 Å². The maximum atomic E-state index is 5.92. The van der Waals surface area contributed by atoms with Crippen molar-refractivity contribution in [3.8, 4) is 0 Å². The monoisotopic (exact) mass is 500 g/mol. The molecule has 6 nitrogen and oxygen atoms in total. The average Bonchev–Trinajstić information content (AvgIpc) is 3.07. The van der Waals surface area contributed by atoms with Gasteiger partial charge in [-0.25, -0.2) is 4.99 Å². The van der Waals surface area contributed by atoms with Crippen molar-refractivity contribution in [2.45, 2.75) is 33.4 Å². The Balaban J connectivity index is 0.00000280. The fourth-order valence-corrected chi connectivity index (χ4v) is 3.41. The molecule has 156 valence electrons. The molecule has 1 unspecified atom stereocenters. The lowest BCUT2D eigenvalue weighted by Gasteiger charge is -2.34. The summed E-state index contributed by atoms with van der Waals surface area (Å²) in [5.41, 5.74) is 0.904. The first-order valence-corrected chi connectivity index (χ1v) is 9.97. The number of guanidine groups is 1. The van der Waals surface area contributed by atoms with Crippen molar-refractivity contribution in [2.75, 3.05) is 39.3 Å². The van der Waals surface area contributed by atoms with E-state index in [0.717, 1.165) is 62.0 Å². The summed E-state index contributed by atoms with van der Waals surface area (Å²) in [5, 5.41) is 7.82. The average molecular weight is 500 g/mol. The van der Waals surface area contributed by atoms with E-state index >= 15 is 0 Å². The predicted octanol–water partition coefficient (Wildman–Crippen LogP) is 3.46. The first-order valence-electron chi connectivity index (χ1n) is 9.97. The van der Waals surface area contributed by atoms with Gasteiger partial charge in [-0.3, -0.25) is 4.90 Å². The molecule has 0 radical (unpaired) electrons. The van der Waals surface area contributed by atoms with Crippen LogP contribution in [0.25, 0.3) is 11.0 Å². The number of nitrogens with one attached hydrogen (secondary N) is 2. The Morgan fingerprint density at radius 2 is 2.11 bits per heavy atom. The fraction of sp³-hybridized carbons (Fsp3) is 0.571. The summed E-state index contributed by atoms with van der Waals surface area (Å²) in [6.45, 7) is 12.6. The highest BCUT2D eigenvalue weighted by Crippen LogP contribution is 2.19. The number of rotatable bonds is 7. The van der Waals surface area contributed by atoms with Gasteiger partial charge in [-0.1, -0.05) is 32.0 Å². The van der Waals surface area contributed by atoms with Crippen molar-refractivity contribution >= 4 is 40.9 Å². The second-order valence-electron chi connectivity index (χ2n) is 7.47. The van der Waals surface area contributed by atoms with Gasteiger partial charge in [0.05, 0.1) is 12.7 Å². The Bertz CT molecular complexity index is 714. The summed E-state index contributed by atoms with van der Waals surface area (Å²) in [6.07, 6.45) is 0.188.